The Balaban J connectivity index is 1.69. The smallest absolute Gasteiger partial charge is 0.412 e. The molecule has 0 aliphatic rings. The minimum absolute atomic E-state index is 0.0815. The molecule has 0 spiro atoms. The quantitative estimate of drug-likeness (QED) is 0.676. The van der Waals surface area contributed by atoms with Gasteiger partial charge in [0.25, 0.3) is 0 Å². The summed E-state index contributed by atoms with van der Waals surface area (Å²) in [6.07, 6.45) is 0.683. The van der Waals surface area contributed by atoms with Gasteiger partial charge in [-0.15, -0.1) is 5.10 Å². The number of nitrogens with zero attached hydrogens (tertiary/aromatic N) is 3. The fraction of sp³-hybridized carbons (Fsp3) is 0.200. The van der Waals surface area contributed by atoms with Crippen molar-refractivity contribution < 1.29 is 14.3 Å². The average molecular weight is 328 g/mol. The Morgan fingerprint density at radius 1 is 1.29 bits per heavy atom. The highest BCUT2D eigenvalue weighted by atomic mass is 16.5. The number of nitrogens with one attached hydrogen (secondary N) is 3. The van der Waals surface area contributed by atoms with Gasteiger partial charge in [0.05, 0.1) is 19.0 Å². The number of fused-ring (bicyclic) bond motifs is 1. The molecular formula is C15H16N6O3. The van der Waals surface area contributed by atoms with Crippen LogP contribution in [0.15, 0.2) is 30.5 Å². The zero-order chi connectivity index (χ0) is 17.1. The molecule has 0 bridgehead atoms. The summed E-state index contributed by atoms with van der Waals surface area (Å²) in [5.41, 5.74) is 2.55. The molecule has 0 unspecified atom stereocenters. The van der Waals surface area contributed by atoms with E-state index in [0.717, 1.165) is 22.3 Å². The van der Waals surface area contributed by atoms with E-state index in [0.29, 0.717) is 0 Å². The Kier molecular flexibility index (Phi) is 4.15. The number of aromatic amines is 1. The van der Waals surface area contributed by atoms with Gasteiger partial charge in [-0.05, 0) is 13.0 Å². The van der Waals surface area contributed by atoms with Gasteiger partial charge in [0.15, 0.2) is 5.82 Å². The van der Waals surface area contributed by atoms with E-state index in [-0.39, 0.29) is 18.3 Å². The first-order valence-corrected chi connectivity index (χ1v) is 7.19. The standard InChI is InChI=1S/C15H16N6O3/c1-9-14(10-5-3-4-6-11(10)17-9)19-13(22)8-21-16-7-12(20-21)18-15(23)24-2/h3-7,17H,8H2,1-2H3,(H,19,22)(H,18,20,23). The highest BCUT2D eigenvalue weighted by molar-refractivity contribution is 6.02. The lowest BCUT2D eigenvalue weighted by Gasteiger charge is -2.05. The number of carbonyl (C=O) groups is 2. The summed E-state index contributed by atoms with van der Waals surface area (Å²) in [7, 11) is 1.25. The molecule has 2 heterocycles. The van der Waals surface area contributed by atoms with Crippen LogP contribution in [0.5, 0.6) is 0 Å². The van der Waals surface area contributed by atoms with Crippen LogP contribution in [0, 0.1) is 6.92 Å². The van der Waals surface area contributed by atoms with Gasteiger partial charge in [-0.2, -0.15) is 9.90 Å². The van der Waals surface area contributed by atoms with Crippen molar-refractivity contribution in [1.29, 1.82) is 0 Å². The molecule has 2 amide bonds. The first-order valence-electron chi connectivity index (χ1n) is 7.19. The fourth-order valence-corrected chi connectivity index (χ4v) is 2.33. The molecule has 0 aliphatic heterocycles. The van der Waals surface area contributed by atoms with Crippen LogP contribution < -0.4 is 10.6 Å². The number of methoxy groups -OCH3 is 1. The minimum Gasteiger partial charge on any atom is -0.453 e. The molecule has 1 aromatic carbocycles. The number of H-pyrrole nitrogens is 1. The summed E-state index contributed by atoms with van der Waals surface area (Å²) in [5.74, 6) is -0.0685. The van der Waals surface area contributed by atoms with Crippen LogP contribution in [0.25, 0.3) is 10.9 Å². The maximum Gasteiger partial charge on any atom is 0.412 e. The van der Waals surface area contributed by atoms with E-state index in [1.54, 1.807) is 0 Å². The van der Waals surface area contributed by atoms with E-state index in [4.69, 9.17) is 0 Å². The Morgan fingerprint density at radius 3 is 2.88 bits per heavy atom. The number of carbonyl (C=O) groups excluding carboxylic acids is 2. The molecule has 0 aliphatic carbocycles. The van der Waals surface area contributed by atoms with Gasteiger partial charge >= 0.3 is 6.09 Å². The molecule has 3 N–H and O–H groups in total. The number of rotatable bonds is 4. The topological polar surface area (TPSA) is 114 Å². The second kappa shape index (κ2) is 6.41. The fourth-order valence-electron chi connectivity index (χ4n) is 2.33. The van der Waals surface area contributed by atoms with Crippen LogP contribution in [-0.4, -0.2) is 39.1 Å². The predicted octanol–water partition coefficient (Wildman–Crippen LogP) is 1.88. The van der Waals surface area contributed by atoms with Gasteiger partial charge in [0.1, 0.15) is 6.54 Å². The largest absolute Gasteiger partial charge is 0.453 e. The molecule has 3 rings (SSSR count). The van der Waals surface area contributed by atoms with Gasteiger partial charge in [-0.25, -0.2) is 4.79 Å². The number of para-hydroxylation sites is 1. The van der Waals surface area contributed by atoms with Crippen molar-refractivity contribution >= 4 is 34.4 Å². The van der Waals surface area contributed by atoms with E-state index in [9.17, 15) is 9.59 Å². The maximum atomic E-state index is 12.2. The third-order valence-electron chi connectivity index (χ3n) is 3.40. The highest BCUT2D eigenvalue weighted by Gasteiger charge is 2.13. The van der Waals surface area contributed by atoms with Gasteiger partial charge in [0, 0.05) is 16.6 Å². The molecule has 9 nitrogen and oxygen atoms in total. The van der Waals surface area contributed by atoms with Gasteiger partial charge in [0.2, 0.25) is 5.91 Å². The van der Waals surface area contributed by atoms with Gasteiger partial charge in [-0.1, -0.05) is 18.2 Å². The molecule has 0 atom stereocenters. The van der Waals surface area contributed by atoms with Crippen LogP contribution in [0.1, 0.15) is 5.69 Å². The number of aromatic nitrogens is 4. The maximum absolute atomic E-state index is 12.2. The van der Waals surface area contributed by atoms with Crippen molar-refractivity contribution in [1.82, 2.24) is 20.0 Å². The zero-order valence-electron chi connectivity index (χ0n) is 13.2. The SMILES string of the molecule is COC(=O)Nc1cnn(CC(=O)Nc2c(C)[nH]c3ccccc23)n1. The second-order valence-electron chi connectivity index (χ2n) is 5.10. The molecular weight excluding hydrogens is 312 g/mol. The molecule has 0 fully saturated rings. The summed E-state index contributed by atoms with van der Waals surface area (Å²) in [4.78, 5) is 27.7. The van der Waals surface area contributed by atoms with Crippen molar-refractivity contribution in [2.45, 2.75) is 13.5 Å². The highest BCUT2D eigenvalue weighted by Crippen LogP contribution is 2.26. The number of aryl methyl sites for hydroxylation is 1. The third kappa shape index (κ3) is 3.19. The van der Waals surface area contributed by atoms with Crippen LogP contribution in [0.3, 0.4) is 0 Å². The monoisotopic (exact) mass is 328 g/mol. The normalized spacial score (nSPS) is 10.6. The lowest BCUT2D eigenvalue weighted by atomic mass is 10.2. The zero-order valence-corrected chi connectivity index (χ0v) is 13.2. The minimum atomic E-state index is -0.652. The van der Waals surface area contributed by atoms with Gasteiger partial charge < -0.3 is 15.0 Å². The van der Waals surface area contributed by atoms with E-state index < -0.39 is 6.09 Å². The van der Waals surface area contributed by atoms with Crippen LogP contribution in [0.2, 0.25) is 0 Å². The third-order valence-corrected chi connectivity index (χ3v) is 3.40. The predicted molar refractivity (Wildman–Crippen MR) is 87.7 cm³/mol. The van der Waals surface area contributed by atoms with Crippen molar-refractivity contribution in [2.24, 2.45) is 0 Å². The van der Waals surface area contributed by atoms with E-state index >= 15 is 0 Å². The van der Waals surface area contributed by atoms with Crippen molar-refractivity contribution in [3.05, 3.63) is 36.2 Å². The van der Waals surface area contributed by atoms with Crippen LogP contribution in [0.4, 0.5) is 16.3 Å². The lowest BCUT2D eigenvalue weighted by molar-refractivity contribution is -0.117. The van der Waals surface area contributed by atoms with Gasteiger partial charge in [-0.3, -0.25) is 10.1 Å². The number of ether oxygens (including phenoxy) is 1. The average Bonchev–Trinajstić information content (AvgIpc) is 3.12. The molecule has 0 radical (unpaired) electrons. The summed E-state index contributed by atoms with van der Waals surface area (Å²) in [6.45, 7) is 1.81. The Labute approximate surface area is 137 Å². The summed E-state index contributed by atoms with van der Waals surface area (Å²) in [6, 6.07) is 7.70. The summed E-state index contributed by atoms with van der Waals surface area (Å²) < 4.78 is 4.46. The summed E-state index contributed by atoms with van der Waals surface area (Å²) in [5, 5.41) is 14.1. The van der Waals surface area contributed by atoms with Crippen LogP contribution >= 0.6 is 0 Å². The summed E-state index contributed by atoms with van der Waals surface area (Å²) >= 11 is 0. The number of hydrogen-bond donors (Lipinski definition) is 3. The second-order valence-corrected chi connectivity index (χ2v) is 5.10. The van der Waals surface area contributed by atoms with E-state index in [1.807, 2.05) is 31.2 Å². The molecule has 24 heavy (non-hydrogen) atoms. The number of anilines is 2. The first kappa shape index (κ1) is 15.5. The van der Waals surface area contributed by atoms with Crippen LogP contribution in [-0.2, 0) is 16.1 Å². The van der Waals surface area contributed by atoms with Crippen molar-refractivity contribution in [2.75, 3.05) is 17.7 Å². The first-order chi connectivity index (χ1) is 11.6. The molecule has 0 saturated carbocycles. The molecule has 3 aromatic rings. The Morgan fingerprint density at radius 2 is 2.08 bits per heavy atom. The Bertz CT molecular complexity index is 898. The Hall–Kier alpha value is -3.36. The number of hydrogen-bond acceptors (Lipinski definition) is 5. The lowest BCUT2D eigenvalue weighted by Crippen LogP contribution is -2.21. The van der Waals surface area contributed by atoms with Crippen molar-refractivity contribution in [3.8, 4) is 0 Å². The molecule has 9 heteroatoms. The molecule has 124 valence electrons. The number of amides is 2. The number of benzene rings is 1. The molecule has 2 aromatic heterocycles. The van der Waals surface area contributed by atoms with E-state index in [2.05, 4.69) is 30.6 Å². The molecule has 0 saturated heterocycles. The van der Waals surface area contributed by atoms with E-state index in [1.165, 1.54) is 18.1 Å². The van der Waals surface area contributed by atoms with Crippen molar-refractivity contribution in [3.63, 3.8) is 0 Å².